The van der Waals surface area contributed by atoms with Crippen molar-refractivity contribution in [2.24, 2.45) is 11.3 Å². The fourth-order valence-corrected chi connectivity index (χ4v) is 3.11. The molecule has 4 heteroatoms. The third kappa shape index (κ3) is 2.33. The number of imidazole rings is 1. The van der Waals surface area contributed by atoms with Crippen molar-refractivity contribution in [2.75, 3.05) is 0 Å². The van der Waals surface area contributed by atoms with Crippen LogP contribution in [0.4, 0.5) is 0 Å². The number of hydrogen-bond donors (Lipinski definition) is 1. The molecule has 0 bridgehead atoms. The van der Waals surface area contributed by atoms with Crippen LogP contribution in [0.2, 0.25) is 0 Å². The number of carboxylic acid groups (broad SMARTS) is 1. The molecule has 1 N–H and O–H groups in total. The first-order chi connectivity index (χ1) is 9.81. The third-order valence-electron chi connectivity index (χ3n) is 4.66. The summed E-state index contributed by atoms with van der Waals surface area (Å²) >= 11 is 0. The summed E-state index contributed by atoms with van der Waals surface area (Å²) in [7, 11) is 0. The molecule has 0 saturated heterocycles. The summed E-state index contributed by atoms with van der Waals surface area (Å²) in [5.74, 6) is 0.990. The standard InChI is InChI=1S/C17H22N2O2/c1-10(2)15-18-13-7-5-6-12(16(20)21)14(13)19(15)9-11-8-17(11,3)4/h5-7,10-11H,8-9H2,1-4H3,(H,20,21). The van der Waals surface area contributed by atoms with E-state index >= 15 is 0 Å². The zero-order chi connectivity index (χ0) is 15.4. The minimum Gasteiger partial charge on any atom is -0.478 e. The Hall–Kier alpha value is -1.84. The summed E-state index contributed by atoms with van der Waals surface area (Å²) in [6.45, 7) is 9.61. The molecule has 1 unspecified atom stereocenters. The summed E-state index contributed by atoms with van der Waals surface area (Å²) in [4.78, 5) is 16.2. The summed E-state index contributed by atoms with van der Waals surface area (Å²) in [5, 5.41) is 9.47. The molecule has 0 spiro atoms. The molecule has 1 saturated carbocycles. The van der Waals surface area contributed by atoms with Crippen molar-refractivity contribution in [1.82, 2.24) is 9.55 Å². The highest BCUT2D eigenvalue weighted by Crippen LogP contribution is 2.53. The monoisotopic (exact) mass is 286 g/mol. The fraction of sp³-hybridized carbons (Fsp3) is 0.529. The average Bonchev–Trinajstić information content (AvgIpc) is 2.82. The summed E-state index contributed by atoms with van der Waals surface area (Å²) in [6.07, 6.45) is 1.19. The summed E-state index contributed by atoms with van der Waals surface area (Å²) in [5.41, 5.74) is 2.28. The predicted molar refractivity (Wildman–Crippen MR) is 82.7 cm³/mol. The van der Waals surface area contributed by atoms with E-state index in [1.54, 1.807) is 12.1 Å². The van der Waals surface area contributed by atoms with Gasteiger partial charge in [0.25, 0.3) is 0 Å². The molecule has 0 radical (unpaired) electrons. The van der Waals surface area contributed by atoms with Crippen molar-refractivity contribution >= 4 is 17.0 Å². The lowest BCUT2D eigenvalue weighted by molar-refractivity contribution is 0.0698. The van der Waals surface area contributed by atoms with Gasteiger partial charge in [-0.3, -0.25) is 0 Å². The lowest BCUT2D eigenvalue weighted by Crippen LogP contribution is -2.11. The predicted octanol–water partition coefficient (Wildman–Crippen LogP) is 3.90. The van der Waals surface area contributed by atoms with Gasteiger partial charge in [-0.25, -0.2) is 9.78 Å². The molecule has 1 fully saturated rings. The van der Waals surface area contributed by atoms with Crippen LogP contribution >= 0.6 is 0 Å². The van der Waals surface area contributed by atoms with Crippen LogP contribution in [-0.2, 0) is 6.54 Å². The zero-order valence-corrected chi connectivity index (χ0v) is 13.1. The Morgan fingerprint density at radius 3 is 2.67 bits per heavy atom. The molecule has 4 nitrogen and oxygen atoms in total. The molecule has 1 heterocycles. The number of rotatable bonds is 4. The largest absolute Gasteiger partial charge is 0.478 e. The number of fused-ring (bicyclic) bond motifs is 1. The quantitative estimate of drug-likeness (QED) is 0.927. The van der Waals surface area contributed by atoms with E-state index in [0.717, 1.165) is 23.4 Å². The molecule has 1 atom stereocenters. The second kappa shape index (κ2) is 4.58. The van der Waals surface area contributed by atoms with E-state index < -0.39 is 5.97 Å². The number of nitrogens with zero attached hydrogens (tertiary/aromatic N) is 2. The van der Waals surface area contributed by atoms with E-state index in [9.17, 15) is 9.90 Å². The average molecular weight is 286 g/mol. The summed E-state index contributed by atoms with van der Waals surface area (Å²) in [6, 6.07) is 5.35. The van der Waals surface area contributed by atoms with Crippen LogP contribution in [0.15, 0.2) is 18.2 Å². The molecular formula is C17H22N2O2. The van der Waals surface area contributed by atoms with Crippen molar-refractivity contribution < 1.29 is 9.90 Å². The van der Waals surface area contributed by atoms with E-state index in [0.29, 0.717) is 16.9 Å². The molecule has 2 aromatic rings. The number of aromatic nitrogens is 2. The van der Waals surface area contributed by atoms with E-state index in [2.05, 4.69) is 37.2 Å². The highest BCUT2D eigenvalue weighted by Gasteiger charge is 2.46. The maximum Gasteiger partial charge on any atom is 0.337 e. The van der Waals surface area contributed by atoms with Gasteiger partial charge in [0.1, 0.15) is 5.82 Å². The fourth-order valence-electron chi connectivity index (χ4n) is 3.11. The molecule has 0 aliphatic heterocycles. The number of para-hydroxylation sites is 1. The van der Waals surface area contributed by atoms with Crippen molar-refractivity contribution in [1.29, 1.82) is 0 Å². The van der Waals surface area contributed by atoms with Crippen LogP contribution in [0.5, 0.6) is 0 Å². The van der Waals surface area contributed by atoms with Crippen LogP contribution in [0.1, 0.15) is 56.2 Å². The van der Waals surface area contributed by atoms with Crippen LogP contribution in [-0.4, -0.2) is 20.6 Å². The van der Waals surface area contributed by atoms with Crippen LogP contribution in [0.25, 0.3) is 11.0 Å². The molecular weight excluding hydrogens is 264 g/mol. The van der Waals surface area contributed by atoms with Crippen molar-refractivity contribution in [3.8, 4) is 0 Å². The molecule has 1 aromatic heterocycles. The Bertz CT molecular complexity index is 713. The lowest BCUT2D eigenvalue weighted by atomic mass is 10.1. The lowest BCUT2D eigenvalue weighted by Gasteiger charge is -2.13. The van der Waals surface area contributed by atoms with Crippen molar-refractivity contribution in [3.63, 3.8) is 0 Å². The second-order valence-corrected chi connectivity index (χ2v) is 7.10. The van der Waals surface area contributed by atoms with Gasteiger partial charge in [-0.2, -0.15) is 0 Å². The van der Waals surface area contributed by atoms with Gasteiger partial charge in [0, 0.05) is 12.5 Å². The van der Waals surface area contributed by atoms with Gasteiger partial charge in [0.15, 0.2) is 0 Å². The number of carboxylic acids is 1. The normalized spacial score (nSPS) is 20.1. The maximum absolute atomic E-state index is 11.5. The molecule has 1 aromatic carbocycles. The minimum absolute atomic E-state index is 0.279. The minimum atomic E-state index is -0.882. The Labute approximate surface area is 124 Å². The number of aromatic carboxylic acids is 1. The van der Waals surface area contributed by atoms with Gasteiger partial charge >= 0.3 is 5.97 Å². The van der Waals surface area contributed by atoms with Crippen molar-refractivity contribution in [3.05, 3.63) is 29.6 Å². The van der Waals surface area contributed by atoms with Crippen molar-refractivity contribution in [2.45, 2.75) is 46.6 Å². The topological polar surface area (TPSA) is 55.1 Å². The van der Waals surface area contributed by atoms with E-state index in [1.807, 2.05) is 6.07 Å². The molecule has 1 aliphatic carbocycles. The SMILES string of the molecule is CC(C)c1nc2cccc(C(=O)O)c2n1CC1CC1(C)C. The van der Waals surface area contributed by atoms with E-state index in [-0.39, 0.29) is 5.92 Å². The van der Waals surface area contributed by atoms with Crippen LogP contribution in [0, 0.1) is 11.3 Å². The number of benzene rings is 1. The molecule has 1 aliphatic rings. The first kappa shape index (κ1) is 14.1. The maximum atomic E-state index is 11.5. The van der Waals surface area contributed by atoms with Gasteiger partial charge in [-0.15, -0.1) is 0 Å². The molecule has 0 amide bonds. The first-order valence-corrected chi connectivity index (χ1v) is 7.53. The van der Waals surface area contributed by atoms with Crippen LogP contribution < -0.4 is 0 Å². The molecule has 21 heavy (non-hydrogen) atoms. The Balaban J connectivity index is 2.18. The van der Waals surface area contributed by atoms with Crippen LogP contribution in [0.3, 0.4) is 0 Å². The second-order valence-electron chi connectivity index (χ2n) is 7.10. The highest BCUT2D eigenvalue weighted by atomic mass is 16.4. The molecule has 3 rings (SSSR count). The first-order valence-electron chi connectivity index (χ1n) is 7.53. The van der Waals surface area contributed by atoms with E-state index in [4.69, 9.17) is 0 Å². The Morgan fingerprint density at radius 1 is 1.48 bits per heavy atom. The van der Waals surface area contributed by atoms with Gasteiger partial charge in [-0.1, -0.05) is 33.8 Å². The van der Waals surface area contributed by atoms with Gasteiger partial charge in [-0.05, 0) is 29.9 Å². The zero-order valence-electron chi connectivity index (χ0n) is 13.1. The highest BCUT2D eigenvalue weighted by molar-refractivity contribution is 6.01. The van der Waals surface area contributed by atoms with Gasteiger partial charge in [0.05, 0.1) is 16.6 Å². The smallest absolute Gasteiger partial charge is 0.337 e. The third-order valence-corrected chi connectivity index (χ3v) is 4.66. The molecule has 112 valence electrons. The number of hydrogen-bond acceptors (Lipinski definition) is 2. The van der Waals surface area contributed by atoms with E-state index in [1.165, 1.54) is 6.42 Å². The van der Waals surface area contributed by atoms with Gasteiger partial charge in [0.2, 0.25) is 0 Å². The van der Waals surface area contributed by atoms with Gasteiger partial charge < -0.3 is 9.67 Å². The Kier molecular flexibility index (Phi) is 3.08. The Morgan fingerprint density at radius 2 is 2.14 bits per heavy atom. The summed E-state index contributed by atoms with van der Waals surface area (Å²) < 4.78 is 2.14. The number of carbonyl (C=O) groups is 1.